The van der Waals surface area contributed by atoms with E-state index in [0.29, 0.717) is 6.54 Å². The number of nitrogens with zero attached hydrogens (tertiary/aromatic N) is 2. The lowest BCUT2D eigenvalue weighted by molar-refractivity contribution is -0.137. The summed E-state index contributed by atoms with van der Waals surface area (Å²) in [6, 6.07) is 0.790. The molecule has 1 atom stereocenters. The van der Waals surface area contributed by atoms with E-state index in [9.17, 15) is 4.79 Å². The van der Waals surface area contributed by atoms with Crippen LogP contribution in [-0.4, -0.2) is 54.5 Å². The van der Waals surface area contributed by atoms with E-state index in [2.05, 4.69) is 4.90 Å². The quantitative estimate of drug-likeness (QED) is 0.815. The van der Waals surface area contributed by atoms with Gasteiger partial charge in [-0.3, -0.25) is 9.69 Å². The highest BCUT2D eigenvalue weighted by Gasteiger charge is 2.29. The van der Waals surface area contributed by atoms with Crippen molar-refractivity contribution >= 4 is 5.91 Å². The fraction of sp³-hybridized carbons (Fsp3) is 0.929. The minimum absolute atomic E-state index is 0.0306. The Balaban J connectivity index is 1.80. The molecular weight excluding hydrogens is 226 g/mol. The molecule has 1 amide bonds. The van der Waals surface area contributed by atoms with Gasteiger partial charge < -0.3 is 10.6 Å². The van der Waals surface area contributed by atoms with Gasteiger partial charge in [-0.15, -0.1) is 0 Å². The molecule has 0 aromatic heterocycles. The van der Waals surface area contributed by atoms with Crippen LogP contribution in [0, 0.1) is 5.92 Å². The minimum atomic E-state index is 0.0306. The third-order valence-electron chi connectivity index (χ3n) is 4.59. The van der Waals surface area contributed by atoms with Gasteiger partial charge in [0.25, 0.3) is 0 Å². The number of carbonyl (C=O) groups excluding carboxylic acids is 1. The van der Waals surface area contributed by atoms with E-state index < -0.39 is 0 Å². The summed E-state index contributed by atoms with van der Waals surface area (Å²) in [7, 11) is 0. The number of nitrogens with two attached hydrogens (primary N) is 1. The molecule has 2 N–H and O–H groups in total. The number of hydrogen-bond acceptors (Lipinski definition) is 3. The Kier molecular flexibility index (Phi) is 5.01. The highest BCUT2D eigenvalue weighted by atomic mass is 16.2. The van der Waals surface area contributed by atoms with Gasteiger partial charge in [0, 0.05) is 38.8 Å². The summed E-state index contributed by atoms with van der Waals surface area (Å²) in [5.74, 6) is 0.300. The largest absolute Gasteiger partial charge is 0.340 e. The Hall–Kier alpha value is -0.610. The molecule has 0 spiro atoms. The van der Waals surface area contributed by atoms with E-state index in [1.54, 1.807) is 0 Å². The molecule has 1 saturated carbocycles. The number of carbonyl (C=O) groups is 1. The van der Waals surface area contributed by atoms with Crippen molar-refractivity contribution in [2.45, 2.75) is 45.1 Å². The van der Waals surface area contributed by atoms with Crippen LogP contribution in [0.2, 0.25) is 0 Å². The summed E-state index contributed by atoms with van der Waals surface area (Å²) >= 11 is 0. The second kappa shape index (κ2) is 6.53. The predicted molar refractivity (Wildman–Crippen MR) is 73.2 cm³/mol. The lowest BCUT2D eigenvalue weighted by Gasteiger charge is -2.39. The van der Waals surface area contributed by atoms with Crippen LogP contribution in [0.1, 0.15) is 39.0 Å². The monoisotopic (exact) mass is 253 g/mol. The summed E-state index contributed by atoms with van der Waals surface area (Å²) in [5.41, 5.74) is 5.66. The number of piperazine rings is 1. The summed E-state index contributed by atoms with van der Waals surface area (Å²) in [4.78, 5) is 16.8. The fourth-order valence-corrected chi connectivity index (χ4v) is 3.28. The van der Waals surface area contributed by atoms with Gasteiger partial charge in [-0.2, -0.15) is 0 Å². The molecule has 1 aliphatic carbocycles. The molecule has 1 heterocycles. The highest BCUT2D eigenvalue weighted by Crippen LogP contribution is 2.24. The maximum atomic E-state index is 12.2. The van der Waals surface area contributed by atoms with Crippen LogP contribution < -0.4 is 5.73 Å². The van der Waals surface area contributed by atoms with Crippen LogP contribution in [0.15, 0.2) is 0 Å². The first-order valence-corrected chi connectivity index (χ1v) is 7.49. The van der Waals surface area contributed by atoms with E-state index in [1.165, 1.54) is 25.7 Å². The maximum absolute atomic E-state index is 12.2. The minimum Gasteiger partial charge on any atom is -0.340 e. The number of hydrogen-bond donors (Lipinski definition) is 1. The molecule has 0 radical (unpaired) electrons. The molecule has 2 fully saturated rings. The SMILES string of the molecule is CCC(CN)C(=O)N1CCN(C2CCCC2)CC1. The second-order valence-electron chi connectivity index (χ2n) is 5.64. The first-order chi connectivity index (χ1) is 8.76. The highest BCUT2D eigenvalue weighted by molar-refractivity contribution is 5.79. The number of amides is 1. The summed E-state index contributed by atoms with van der Waals surface area (Å²) in [6.45, 7) is 6.43. The normalized spacial score (nSPS) is 24.4. The van der Waals surface area contributed by atoms with Gasteiger partial charge in [0.2, 0.25) is 5.91 Å². The van der Waals surface area contributed by atoms with Crippen molar-refractivity contribution in [3.05, 3.63) is 0 Å². The Morgan fingerprint density at radius 2 is 1.83 bits per heavy atom. The zero-order chi connectivity index (χ0) is 13.0. The van der Waals surface area contributed by atoms with E-state index >= 15 is 0 Å². The lowest BCUT2D eigenvalue weighted by atomic mass is 10.0. The third kappa shape index (κ3) is 3.04. The second-order valence-corrected chi connectivity index (χ2v) is 5.64. The molecule has 0 aromatic rings. The van der Waals surface area contributed by atoms with Gasteiger partial charge in [-0.1, -0.05) is 19.8 Å². The van der Waals surface area contributed by atoms with Crippen molar-refractivity contribution in [1.29, 1.82) is 0 Å². The lowest BCUT2D eigenvalue weighted by Crippen LogP contribution is -2.53. The Bertz CT molecular complexity index is 264. The van der Waals surface area contributed by atoms with Gasteiger partial charge in [-0.25, -0.2) is 0 Å². The van der Waals surface area contributed by atoms with Crippen molar-refractivity contribution < 1.29 is 4.79 Å². The molecule has 104 valence electrons. The molecule has 4 nitrogen and oxygen atoms in total. The van der Waals surface area contributed by atoms with Gasteiger partial charge in [0.1, 0.15) is 0 Å². The van der Waals surface area contributed by atoms with Crippen LogP contribution in [-0.2, 0) is 4.79 Å². The Morgan fingerprint density at radius 1 is 1.22 bits per heavy atom. The van der Waals surface area contributed by atoms with E-state index in [4.69, 9.17) is 5.73 Å². The molecule has 1 unspecified atom stereocenters. The first-order valence-electron chi connectivity index (χ1n) is 7.49. The van der Waals surface area contributed by atoms with Crippen molar-refractivity contribution in [2.24, 2.45) is 11.7 Å². The van der Waals surface area contributed by atoms with Crippen molar-refractivity contribution in [2.75, 3.05) is 32.7 Å². The molecule has 1 aliphatic heterocycles. The molecule has 4 heteroatoms. The molecule has 0 aromatic carbocycles. The maximum Gasteiger partial charge on any atom is 0.227 e. The predicted octanol–water partition coefficient (Wildman–Crippen LogP) is 1.06. The van der Waals surface area contributed by atoms with Crippen LogP contribution >= 0.6 is 0 Å². The van der Waals surface area contributed by atoms with Crippen molar-refractivity contribution in [3.8, 4) is 0 Å². The fourth-order valence-electron chi connectivity index (χ4n) is 3.28. The summed E-state index contributed by atoms with van der Waals surface area (Å²) in [6.07, 6.45) is 6.34. The standard InChI is InChI=1S/C14H27N3O/c1-2-12(11-15)14(18)17-9-7-16(8-10-17)13-5-3-4-6-13/h12-13H,2-11,15H2,1H3. The molecule has 18 heavy (non-hydrogen) atoms. The van der Waals surface area contributed by atoms with Crippen LogP contribution in [0.5, 0.6) is 0 Å². The van der Waals surface area contributed by atoms with Crippen molar-refractivity contribution in [3.63, 3.8) is 0 Å². The van der Waals surface area contributed by atoms with Crippen molar-refractivity contribution in [1.82, 2.24) is 9.80 Å². The third-order valence-corrected chi connectivity index (χ3v) is 4.59. The van der Waals surface area contributed by atoms with E-state index in [-0.39, 0.29) is 11.8 Å². The van der Waals surface area contributed by atoms with Crippen LogP contribution in [0.25, 0.3) is 0 Å². The van der Waals surface area contributed by atoms with Gasteiger partial charge in [0.05, 0.1) is 5.92 Å². The van der Waals surface area contributed by atoms with E-state index in [0.717, 1.165) is 38.6 Å². The average molecular weight is 253 g/mol. The van der Waals surface area contributed by atoms with Gasteiger partial charge >= 0.3 is 0 Å². The topological polar surface area (TPSA) is 49.6 Å². The number of rotatable bonds is 4. The van der Waals surface area contributed by atoms with Gasteiger partial charge in [0.15, 0.2) is 0 Å². The molecule has 2 rings (SSSR count). The molecule has 2 aliphatic rings. The van der Waals surface area contributed by atoms with Crippen LogP contribution in [0.3, 0.4) is 0 Å². The molecular formula is C14H27N3O. The summed E-state index contributed by atoms with van der Waals surface area (Å²) in [5, 5.41) is 0. The zero-order valence-corrected chi connectivity index (χ0v) is 11.6. The average Bonchev–Trinajstić information content (AvgIpc) is 2.94. The molecule has 0 bridgehead atoms. The smallest absolute Gasteiger partial charge is 0.227 e. The summed E-state index contributed by atoms with van der Waals surface area (Å²) < 4.78 is 0. The van der Waals surface area contributed by atoms with Crippen LogP contribution in [0.4, 0.5) is 0 Å². The molecule has 1 saturated heterocycles. The zero-order valence-electron chi connectivity index (χ0n) is 11.6. The Morgan fingerprint density at radius 3 is 2.33 bits per heavy atom. The first kappa shape index (κ1) is 13.8. The van der Waals surface area contributed by atoms with E-state index in [1.807, 2.05) is 11.8 Å². The Labute approximate surface area is 110 Å². The van der Waals surface area contributed by atoms with Gasteiger partial charge in [-0.05, 0) is 19.3 Å².